The number of nitrogens with zero attached hydrogens (tertiary/aromatic N) is 6. The third-order valence-electron chi connectivity index (χ3n) is 12.8. The molecule has 0 N–H and O–H groups in total. The summed E-state index contributed by atoms with van der Waals surface area (Å²) in [6.45, 7) is -0.119. The summed E-state index contributed by atoms with van der Waals surface area (Å²) in [6, 6.07) is 80.0. The summed E-state index contributed by atoms with van der Waals surface area (Å²) in [5, 5.41) is 2.27. The van der Waals surface area contributed by atoms with Crippen LogP contribution in [0, 0.1) is 0 Å². The monoisotopic (exact) mass is 816 g/mol. The van der Waals surface area contributed by atoms with Gasteiger partial charge in [0.1, 0.15) is 0 Å². The van der Waals surface area contributed by atoms with Gasteiger partial charge in [0.15, 0.2) is 11.6 Å². The molecule has 9 aromatic carbocycles. The minimum Gasteiger partial charge on any atom is -0.361 e. The number of aromatic nitrogens is 4. The molecular formula is C57H37BN6. The Bertz CT molecular complexity index is 3500. The maximum absolute atomic E-state index is 5.13. The van der Waals surface area contributed by atoms with E-state index in [-0.39, 0.29) is 6.98 Å². The van der Waals surface area contributed by atoms with Gasteiger partial charge in [0.25, 0.3) is 0 Å². The number of rotatable bonds is 6. The van der Waals surface area contributed by atoms with Crippen LogP contribution in [0.1, 0.15) is 0 Å². The SMILES string of the molecule is c1ccc(-c2nc(-c3ccccc3)nc(-n3c4ccccc4c4cc(-c5ccc(N6B7c8c(cccc8-c8ccccc86)-c6ccccc6N7c6ccccc6)cc5)ccc43)n2)cc1. The number of benzene rings is 9. The number of fused-ring (bicyclic) bond motifs is 7. The molecular weight excluding hydrogens is 779 g/mol. The molecule has 0 spiro atoms. The lowest BCUT2D eigenvalue weighted by Crippen LogP contribution is -2.61. The Labute approximate surface area is 371 Å². The van der Waals surface area contributed by atoms with Gasteiger partial charge in [0.2, 0.25) is 5.95 Å². The smallest absolute Gasteiger partial charge is 0.361 e. The highest BCUT2D eigenvalue weighted by molar-refractivity contribution is 6.86. The van der Waals surface area contributed by atoms with E-state index in [1.807, 2.05) is 60.7 Å². The van der Waals surface area contributed by atoms with Crippen molar-refractivity contribution in [3.05, 3.63) is 224 Å². The summed E-state index contributed by atoms with van der Waals surface area (Å²) in [7, 11) is 0. The first-order valence-corrected chi connectivity index (χ1v) is 21.7. The Morgan fingerprint density at radius 3 is 1.44 bits per heavy atom. The van der Waals surface area contributed by atoms with E-state index in [2.05, 4.69) is 178 Å². The van der Waals surface area contributed by atoms with Crippen LogP contribution < -0.4 is 15.1 Å². The molecule has 4 heterocycles. The van der Waals surface area contributed by atoms with Crippen LogP contribution in [0.15, 0.2) is 224 Å². The van der Waals surface area contributed by atoms with Crippen LogP contribution in [0.3, 0.4) is 0 Å². The van der Waals surface area contributed by atoms with Gasteiger partial charge in [-0.15, -0.1) is 0 Å². The van der Waals surface area contributed by atoms with Crippen LogP contribution in [0.5, 0.6) is 0 Å². The van der Waals surface area contributed by atoms with E-state index in [1.54, 1.807) is 0 Å². The fourth-order valence-corrected chi connectivity index (χ4v) is 10.0. The third-order valence-corrected chi connectivity index (χ3v) is 12.8. The maximum Gasteiger partial charge on any atom is 0.421 e. The Morgan fingerprint density at radius 1 is 0.328 bits per heavy atom. The van der Waals surface area contributed by atoms with Crippen molar-refractivity contribution in [3.63, 3.8) is 0 Å². The van der Waals surface area contributed by atoms with Crippen LogP contribution >= 0.6 is 0 Å². The number of anilines is 4. The molecule has 64 heavy (non-hydrogen) atoms. The lowest BCUT2D eigenvalue weighted by molar-refractivity contribution is 0.953. The molecule has 298 valence electrons. The zero-order valence-corrected chi connectivity index (χ0v) is 34.6. The van der Waals surface area contributed by atoms with Crippen molar-refractivity contribution in [1.82, 2.24) is 19.5 Å². The van der Waals surface area contributed by atoms with Gasteiger partial charge in [-0.3, -0.25) is 4.57 Å². The second kappa shape index (κ2) is 14.5. The lowest BCUT2D eigenvalue weighted by Gasteiger charge is -2.47. The predicted octanol–water partition coefficient (Wildman–Crippen LogP) is 13.3. The van der Waals surface area contributed by atoms with Crippen molar-refractivity contribution in [2.45, 2.75) is 0 Å². The van der Waals surface area contributed by atoms with E-state index >= 15 is 0 Å². The molecule has 6 nitrogen and oxygen atoms in total. The van der Waals surface area contributed by atoms with Gasteiger partial charge in [-0.2, -0.15) is 9.97 Å². The molecule has 0 amide bonds. The van der Waals surface area contributed by atoms with Gasteiger partial charge in [-0.1, -0.05) is 170 Å². The number of hydrogen-bond donors (Lipinski definition) is 0. The summed E-state index contributed by atoms with van der Waals surface area (Å²) < 4.78 is 2.18. The minimum absolute atomic E-state index is 0.119. The molecule has 11 aromatic rings. The molecule has 13 rings (SSSR count). The van der Waals surface area contributed by atoms with Crippen molar-refractivity contribution in [3.8, 4) is 62.1 Å². The first kappa shape index (κ1) is 36.1. The zero-order valence-electron chi connectivity index (χ0n) is 34.6. The standard InChI is InChI=1S/C57H37BN6/c1-4-17-39(18-5-1)55-59-56(40-19-6-2-7-20-40)61-57(60-55)62-50-28-13-10-25-46(50)49-37-41(33-36-51(49)62)38-31-34-43(35-32-38)64-53-30-15-12-24-45(53)48-27-16-26-47-44-23-11-14-29-52(44)63(58(64)54(47)48)42-21-8-3-9-22-42/h1-37H. The average molecular weight is 817 g/mol. The van der Waals surface area contributed by atoms with E-state index in [1.165, 1.54) is 39.1 Å². The first-order valence-electron chi connectivity index (χ1n) is 21.7. The Morgan fingerprint density at radius 2 is 0.812 bits per heavy atom. The van der Waals surface area contributed by atoms with Crippen molar-refractivity contribution < 1.29 is 0 Å². The van der Waals surface area contributed by atoms with Gasteiger partial charge in [0.05, 0.1) is 11.0 Å². The Hall–Kier alpha value is -8.55. The van der Waals surface area contributed by atoms with Crippen molar-refractivity contribution in [2.75, 3.05) is 9.62 Å². The molecule has 0 fully saturated rings. The molecule has 0 radical (unpaired) electrons. The summed E-state index contributed by atoms with van der Waals surface area (Å²) in [4.78, 5) is 20.3. The second-order valence-electron chi connectivity index (χ2n) is 16.4. The Kier molecular flexibility index (Phi) is 8.21. The summed E-state index contributed by atoms with van der Waals surface area (Å²) in [5.74, 6) is 1.84. The molecule has 0 saturated carbocycles. The quantitative estimate of drug-likeness (QED) is 0.156. The van der Waals surface area contributed by atoms with E-state index in [9.17, 15) is 0 Å². The highest BCUT2D eigenvalue weighted by Crippen LogP contribution is 2.49. The van der Waals surface area contributed by atoms with Gasteiger partial charge >= 0.3 is 6.98 Å². The molecule has 0 atom stereocenters. The fraction of sp³-hybridized carbons (Fsp3) is 0. The average Bonchev–Trinajstić information content (AvgIpc) is 3.71. The molecule has 0 saturated heterocycles. The van der Waals surface area contributed by atoms with Crippen LogP contribution in [0.4, 0.5) is 22.7 Å². The highest BCUT2D eigenvalue weighted by Gasteiger charge is 2.46. The predicted molar refractivity (Wildman–Crippen MR) is 264 cm³/mol. The largest absolute Gasteiger partial charge is 0.421 e. The van der Waals surface area contributed by atoms with Gasteiger partial charge < -0.3 is 9.62 Å². The molecule has 2 aliphatic heterocycles. The van der Waals surface area contributed by atoms with Crippen LogP contribution in [0.25, 0.3) is 83.9 Å². The van der Waals surface area contributed by atoms with E-state index < -0.39 is 0 Å². The van der Waals surface area contributed by atoms with Crippen LogP contribution in [-0.2, 0) is 0 Å². The van der Waals surface area contributed by atoms with Crippen LogP contribution in [-0.4, -0.2) is 26.5 Å². The first-order chi connectivity index (χ1) is 31.8. The lowest BCUT2D eigenvalue weighted by atomic mass is 9.53. The molecule has 2 aliphatic rings. The zero-order chi connectivity index (χ0) is 42.1. The maximum atomic E-state index is 5.13. The fourth-order valence-electron chi connectivity index (χ4n) is 10.0. The molecule has 0 bridgehead atoms. The minimum atomic E-state index is -0.119. The van der Waals surface area contributed by atoms with Crippen molar-refractivity contribution in [1.29, 1.82) is 0 Å². The normalized spacial score (nSPS) is 12.6. The molecule has 0 aliphatic carbocycles. The van der Waals surface area contributed by atoms with Crippen LogP contribution in [0.2, 0.25) is 0 Å². The van der Waals surface area contributed by atoms with E-state index in [0.29, 0.717) is 17.6 Å². The van der Waals surface area contributed by atoms with Crippen molar-refractivity contribution >= 4 is 57.0 Å². The third kappa shape index (κ3) is 5.64. The molecule has 0 unspecified atom stereocenters. The Balaban J connectivity index is 0.943. The summed E-state index contributed by atoms with van der Waals surface area (Å²) >= 11 is 0. The summed E-state index contributed by atoms with van der Waals surface area (Å²) in [6.07, 6.45) is 0. The number of hydrogen-bond acceptors (Lipinski definition) is 5. The molecule has 7 heteroatoms. The van der Waals surface area contributed by atoms with Gasteiger partial charge in [0, 0.05) is 55.8 Å². The van der Waals surface area contributed by atoms with Crippen molar-refractivity contribution in [2.24, 2.45) is 0 Å². The van der Waals surface area contributed by atoms with E-state index in [4.69, 9.17) is 15.0 Å². The topological polar surface area (TPSA) is 50.1 Å². The number of para-hydroxylation sites is 4. The van der Waals surface area contributed by atoms with E-state index in [0.717, 1.165) is 55.4 Å². The highest BCUT2D eigenvalue weighted by atomic mass is 15.2. The van der Waals surface area contributed by atoms with Gasteiger partial charge in [-0.25, -0.2) is 4.98 Å². The summed E-state index contributed by atoms with van der Waals surface area (Å²) in [5.41, 5.74) is 17.2. The molecule has 2 aromatic heterocycles. The van der Waals surface area contributed by atoms with Gasteiger partial charge in [-0.05, 0) is 82.3 Å². The second-order valence-corrected chi connectivity index (χ2v) is 16.4.